The Balaban J connectivity index is 1.89. The van der Waals surface area contributed by atoms with E-state index in [1.165, 1.54) is 6.07 Å². The van der Waals surface area contributed by atoms with Crippen LogP contribution < -0.4 is 5.32 Å². The van der Waals surface area contributed by atoms with Crippen molar-refractivity contribution in [1.82, 2.24) is 4.98 Å². The van der Waals surface area contributed by atoms with Gasteiger partial charge in [-0.25, -0.2) is 0 Å². The third-order valence-corrected chi connectivity index (χ3v) is 3.14. The van der Waals surface area contributed by atoms with Crippen molar-refractivity contribution in [1.29, 1.82) is 0 Å². The SMILES string of the molecule is O=C(Nc1ccc2[nH]c(C(F)(F)F)cc2c1)C1CC1. The highest BCUT2D eigenvalue weighted by Gasteiger charge is 2.32. The molecule has 0 saturated heterocycles. The third kappa shape index (κ3) is 2.43. The molecule has 1 saturated carbocycles. The monoisotopic (exact) mass is 268 g/mol. The summed E-state index contributed by atoms with van der Waals surface area (Å²) in [6.07, 6.45) is -2.62. The fourth-order valence-electron chi connectivity index (χ4n) is 1.95. The minimum atomic E-state index is -4.39. The van der Waals surface area contributed by atoms with Gasteiger partial charge < -0.3 is 10.3 Å². The normalized spacial score (nSPS) is 15.7. The maximum atomic E-state index is 12.5. The van der Waals surface area contributed by atoms with Crippen LogP contribution in [0.3, 0.4) is 0 Å². The van der Waals surface area contributed by atoms with Gasteiger partial charge in [0.15, 0.2) is 0 Å². The number of hydrogen-bond acceptors (Lipinski definition) is 1. The standard InChI is InChI=1S/C13H11F3N2O/c14-13(15,16)11-6-8-5-9(3-4-10(8)18-11)17-12(19)7-1-2-7/h3-7,18H,1-2H2,(H,17,19). The molecule has 0 bridgehead atoms. The van der Waals surface area contributed by atoms with Crippen LogP contribution in [0, 0.1) is 5.92 Å². The second-order valence-corrected chi connectivity index (χ2v) is 4.75. The molecule has 1 aromatic carbocycles. The highest BCUT2D eigenvalue weighted by molar-refractivity contribution is 5.96. The van der Waals surface area contributed by atoms with Crippen LogP contribution in [0.25, 0.3) is 10.9 Å². The average molecular weight is 268 g/mol. The molecule has 3 rings (SSSR count). The number of H-pyrrole nitrogens is 1. The molecule has 2 aromatic rings. The number of anilines is 1. The van der Waals surface area contributed by atoms with Gasteiger partial charge in [0.05, 0.1) is 0 Å². The Kier molecular flexibility index (Phi) is 2.55. The van der Waals surface area contributed by atoms with E-state index in [9.17, 15) is 18.0 Å². The molecule has 19 heavy (non-hydrogen) atoms. The van der Waals surface area contributed by atoms with Crippen molar-refractivity contribution >= 4 is 22.5 Å². The number of nitrogens with one attached hydrogen (secondary N) is 2. The van der Waals surface area contributed by atoms with Crippen molar-refractivity contribution in [2.75, 3.05) is 5.32 Å². The molecular weight excluding hydrogens is 257 g/mol. The van der Waals surface area contributed by atoms with Gasteiger partial charge >= 0.3 is 6.18 Å². The molecule has 6 heteroatoms. The van der Waals surface area contributed by atoms with Crippen LogP contribution in [-0.4, -0.2) is 10.9 Å². The van der Waals surface area contributed by atoms with E-state index in [2.05, 4.69) is 10.3 Å². The number of hydrogen-bond donors (Lipinski definition) is 2. The highest BCUT2D eigenvalue weighted by atomic mass is 19.4. The van der Waals surface area contributed by atoms with Gasteiger partial charge in [0, 0.05) is 22.5 Å². The van der Waals surface area contributed by atoms with Crippen LogP contribution in [-0.2, 0) is 11.0 Å². The molecule has 1 aliphatic rings. The van der Waals surface area contributed by atoms with Gasteiger partial charge in [-0.2, -0.15) is 13.2 Å². The van der Waals surface area contributed by atoms with Crippen molar-refractivity contribution < 1.29 is 18.0 Å². The summed E-state index contributed by atoms with van der Waals surface area (Å²) in [5.41, 5.74) is 0.141. The van der Waals surface area contributed by atoms with Crippen molar-refractivity contribution in [3.05, 3.63) is 30.0 Å². The second kappa shape index (κ2) is 4.01. The lowest BCUT2D eigenvalue weighted by Crippen LogP contribution is -2.12. The van der Waals surface area contributed by atoms with E-state index in [1.807, 2.05) is 0 Å². The van der Waals surface area contributed by atoms with E-state index in [-0.39, 0.29) is 11.8 Å². The quantitative estimate of drug-likeness (QED) is 0.859. The molecule has 2 N–H and O–H groups in total. The Morgan fingerprint density at radius 2 is 2.00 bits per heavy atom. The molecular formula is C13H11F3N2O. The Hall–Kier alpha value is -1.98. The molecule has 0 radical (unpaired) electrons. The first-order valence-corrected chi connectivity index (χ1v) is 5.94. The Labute approximate surface area is 106 Å². The molecule has 1 amide bonds. The first-order valence-electron chi connectivity index (χ1n) is 5.94. The molecule has 1 fully saturated rings. The van der Waals surface area contributed by atoms with E-state index in [4.69, 9.17) is 0 Å². The summed E-state index contributed by atoms with van der Waals surface area (Å²) >= 11 is 0. The van der Waals surface area contributed by atoms with Crippen molar-refractivity contribution in [3.8, 4) is 0 Å². The minimum absolute atomic E-state index is 0.0626. The summed E-state index contributed by atoms with van der Waals surface area (Å²) in [6, 6.07) is 5.72. The van der Waals surface area contributed by atoms with Crippen LogP contribution >= 0.6 is 0 Å². The average Bonchev–Trinajstić information content (AvgIpc) is 3.07. The van der Waals surface area contributed by atoms with E-state index in [1.54, 1.807) is 12.1 Å². The van der Waals surface area contributed by atoms with Crippen molar-refractivity contribution in [3.63, 3.8) is 0 Å². The Bertz CT molecular complexity index is 641. The maximum absolute atomic E-state index is 12.5. The minimum Gasteiger partial charge on any atom is -0.351 e. The van der Waals surface area contributed by atoms with E-state index in [0.29, 0.717) is 16.6 Å². The summed E-state index contributed by atoms with van der Waals surface area (Å²) in [6.45, 7) is 0. The number of carbonyl (C=O) groups is 1. The molecule has 0 spiro atoms. The number of benzene rings is 1. The number of halogens is 3. The largest absolute Gasteiger partial charge is 0.431 e. The number of rotatable bonds is 2. The zero-order valence-corrected chi connectivity index (χ0v) is 9.84. The molecule has 1 heterocycles. The third-order valence-electron chi connectivity index (χ3n) is 3.14. The van der Waals surface area contributed by atoms with Gasteiger partial charge in [-0.3, -0.25) is 4.79 Å². The van der Waals surface area contributed by atoms with E-state index in [0.717, 1.165) is 18.9 Å². The number of aromatic nitrogens is 1. The van der Waals surface area contributed by atoms with Crippen LogP contribution in [0.4, 0.5) is 18.9 Å². The fraction of sp³-hybridized carbons (Fsp3) is 0.308. The number of fused-ring (bicyclic) bond motifs is 1. The number of alkyl halides is 3. The summed E-state index contributed by atoms with van der Waals surface area (Å²) < 4.78 is 37.6. The first kappa shape index (κ1) is 12.1. The number of aromatic amines is 1. The molecule has 100 valence electrons. The van der Waals surface area contributed by atoms with Crippen LogP contribution in [0.1, 0.15) is 18.5 Å². The molecule has 3 nitrogen and oxygen atoms in total. The summed E-state index contributed by atoms with van der Waals surface area (Å²) in [7, 11) is 0. The first-order chi connectivity index (χ1) is 8.93. The molecule has 0 atom stereocenters. The van der Waals surface area contributed by atoms with Crippen LogP contribution in [0.2, 0.25) is 0 Å². The molecule has 0 aliphatic heterocycles. The van der Waals surface area contributed by atoms with Gasteiger partial charge in [-0.05, 0) is 37.1 Å². The lowest BCUT2D eigenvalue weighted by atomic mass is 10.2. The lowest BCUT2D eigenvalue weighted by Gasteiger charge is -2.03. The number of amides is 1. The van der Waals surface area contributed by atoms with Crippen LogP contribution in [0.15, 0.2) is 24.3 Å². The fourth-order valence-corrected chi connectivity index (χ4v) is 1.95. The Morgan fingerprint density at radius 3 is 2.63 bits per heavy atom. The zero-order chi connectivity index (χ0) is 13.6. The summed E-state index contributed by atoms with van der Waals surface area (Å²) in [5, 5.41) is 3.14. The van der Waals surface area contributed by atoms with Crippen LogP contribution in [0.5, 0.6) is 0 Å². The van der Waals surface area contributed by atoms with Gasteiger partial charge in [0.2, 0.25) is 5.91 Å². The summed E-state index contributed by atoms with van der Waals surface area (Å²) in [4.78, 5) is 13.9. The smallest absolute Gasteiger partial charge is 0.351 e. The van der Waals surface area contributed by atoms with E-state index >= 15 is 0 Å². The summed E-state index contributed by atoms with van der Waals surface area (Å²) in [5.74, 6) is -0.00131. The zero-order valence-electron chi connectivity index (χ0n) is 9.84. The van der Waals surface area contributed by atoms with Gasteiger partial charge in [-0.15, -0.1) is 0 Å². The number of carbonyl (C=O) groups excluding carboxylic acids is 1. The van der Waals surface area contributed by atoms with Crippen molar-refractivity contribution in [2.24, 2.45) is 5.92 Å². The Morgan fingerprint density at radius 1 is 1.26 bits per heavy atom. The van der Waals surface area contributed by atoms with Gasteiger partial charge in [0.25, 0.3) is 0 Å². The topological polar surface area (TPSA) is 44.9 Å². The molecule has 1 aromatic heterocycles. The highest BCUT2D eigenvalue weighted by Crippen LogP contribution is 2.33. The lowest BCUT2D eigenvalue weighted by molar-refractivity contribution is -0.140. The predicted molar refractivity (Wildman–Crippen MR) is 64.7 cm³/mol. The van der Waals surface area contributed by atoms with E-state index < -0.39 is 11.9 Å². The molecule has 0 unspecified atom stereocenters. The second-order valence-electron chi connectivity index (χ2n) is 4.75. The predicted octanol–water partition coefficient (Wildman–Crippen LogP) is 3.54. The van der Waals surface area contributed by atoms with Gasteiger partial charge in [0.1, 0.15) is 5.69 Å². The maximum Gasteiger partial charge on any atom is 0.431 e. The van der Waals surface area contributed by atoms with Gasteiger partial charge in [-0.1, -0.05) is 0 Å². The van der Waals surface area contributed by atoms with Crippen molar-refractivity contribution in [2.45, 2.75) is 19.0 Å². The molecule has 1 aliphatic carbocycles.